The zero-order chi connectivity index (χ0) is 19.8. The molecule has 0 aromatic heterocycles. The maximum Gasteiger partial charge on any atom is 0.200 e. The van der Waals surface area contributed by atoms with Gasteiger partial charge in [-0.15, -0.1) is 0 Å². The van der Waals surface area contributed by atoms with Gasteiger partial charge in [-0.3, -0.25) is 0 Å². The van der Waals surface area contributed by atoms with E-state index in [1.54, 1.807) is 7.11 Å². The molecule has 152 valence electrons. The van der Waals surface area contributed by atoms with E-state index in [0.717, 1.165) is 61.7 Å². The summed E-state index contributed by atoms with van der Waals surface area (Å²) in [6.07, 6.45) is 4.05. The molecule has 1 fully saturated rings. The Hall–Kier alpha value is -2.53. The Morgan fingerprint density at radius 3 is 2.76 bits per heavy atom. The van der Waals surface area contributed by atoms with Crippen molar-refractivity contribution < 1.29 is 9.47 Å². The van der Waals surface area contributed by atoms with Crippen LogP contribution in [0.4, 0.5) is 0 Å². The number of para-hydroxylation sites is 1. The third-order valence-electron chi connectivity index (χ3n) is 6.49. The van der Waals surface area contributed by atoms with Gasteiger partial charge in [0.2, 0.25) is 5.72 Å². The van der Waals surface area contributed by atoms with Crippen molar-refractivity contribution in [1.29, 1.82) is 0 Å². The van der Waals surface area contributed by atoms with E-state index < -0.39 is 0 Å². The maximum atomic E-state index is 6.70. The van der Waals surface area contributed by atoms with Crippen LogP contribution in [0, 0.1) is 0 Å². The van der Waals surface area contributed by atoms with Crippen LogP contribution in [0.15, 0.2) is 53.6 Å². The van der Waals surface area contributed by atoms with Gasteiger partial charge < -0.3 is 14.4 Å². The predicted octanol–water partition coefficient (Wildman–Crippen LogP) is 4.44. The minimum atomic E-state index is -0.343. The van der Waals surface area contributed by atoms with Crippen molar-refractivity contribution in [3.05, 3.63) is 59.7 Å². The monoisotopic (exact) mass is 391 g/mol. The topological polar surface area (TPSA) is 37.3 Å². The van der Waals surface area contributed by atoms with Crippen LogP contribution >= 0.6 is 0 Å². The molecule has 3 aliphatic rings. The van der Waals surface area contributed by atoms with Crippen molar-refractivity contribution in [2.24, 2.45) is 5.10 Å². The van der Waals surface area contributed by atoms with Crippen LogP contribution in [-0.4, -0.2) is 48.1 Å². The lowest BCUT2D eigenvalue weighted by molar-refractivity contribution is -0.149. The molecular weight excluding hydrogens is 362 g/mol. The van der Waals surface area contributed by atoms with E-state index in [4.69, 9.17) is 14.6 Å². The third kappa shape index (κ3) is 3.18. The smallest absolute Gasteiger partial charge is 0.200 e. The maximum absolute atomic E-state index is 6.70. The Kier molecular flexibility index (Phi) is 4.70. The number of hydrazone groups is 1. The van der Waals surface area contributed by atoms with Gasteiger partial charge in [0, 0.05) is 43.5 Å². The second kappa shape index (κ2) is 7.38. The van der Waals surface area contributed by atoms with Crippen molar-refractivity contribution in [2.45, 2.75) is 44.4 Å². The van der Waals surface area contributed by atoms with E-state index in [2.05, 4.69) is 53.2 Å². The summed E-state index contributed by atoms with van der Waals surface area (Å²) in [4.78, 5) is 2.55. The molecule has 0 amide bonds. The van der Waals surface area contributed by atoms with Gasteiger partial charge in [-0.05, 0) is 31.2 Å². The molecule has 29 heavy (non-hydrogen) atoms. The highest BCUT2D eigenvalue weighted by Gasteiger charge is 2.51. The number of ether oxygens (including phenoxy) is 2. The average molecular weight is 392 g/mol. The van der Waals surface area contributed by atoms with Crippen LogP contribution in [0.1, 0.15) is 49.8 Å². The molecule has 3 heterocycles. The molecule has 0 radical (unpaired) electrons. The molecule has 1 saturated heterocycles. The molecule has 1 atom stereocenters. The second-order valence-corrected chi connectivity index (χ2v) is 8.27. The lowest BCUT2D eigenvalue weighted by Crippen LogP contribution is -2.59. The fraction of sp³-hybridized carbons (Fsp3) is 0.458. The molecule has 3 aliphatic heterocycles. The van der Waals surface area contributed by atoms with Gasteiger partial charge in [-0.2, -0.15) is 5.10 Å². The first kappa shape index (κ1) is 18.5. The number of benzene rings is 2. The van der Waals surface area contributed by atoms with Gasteiger partial charge in [0.05, 0.1) is 18.9 Å². The summed E-state index contributed by atoms with van der Waals surface area (Å²) in [5.74, 6) is 1.90. The molecule has 2 aromatic carbocycles. The number of methoxy groups -OCH3 is 1. The number of hydrogen-bond acceptors (Lipinski definition) is 5. The SMILES string of the molecule is CCCN1CCC2(CC1)Oc1ccccc1[C@H]1CC(c3cccc(OC)c3)=NN12. The van der Waals surface area contributed by atoms with Crippen molar-refractivity contribution in [3.63, 3.8) is 0 Å². The van der Waals surface area contributed by atoms with E-state index >= 15 is 0 Å². The first-order chi connectivity index (χ1) is 14.2. The molecule has 5 heteroatoms. The Bertz CT molecular complexity index is 918. The van der Waals surface area contributed by atoms with Gasteiger partial charge in [-0.1, -0.05) is 37.3 Å². The number of hydrogen-bond donors (Lipinski definition) is 0. The van der Waals surface area contributed by atoms with Crippen molar-refractivity contribution in [3.8, 4) is 11.5 Å². The summed E-state index contributed by atoms with van der Waals surface area (Å²) < 4.78 is 12.1. The molecule has 0 bridgehead atoms. The van der Waals surface area contributed by atoms with Crippen LogP contribution in [0.25, 0.3) is 0 Å². The van der Waals surface area contributed by atoms with E-state index in [0.29, 0.717) is 0 Å². The van der Waals surface area contributed by atoms with Crippen LogP contribution < -0.4 is 9.47 Å². The first-order valence-electron chi connectivity index (χ1n) is 10.7. The van der Waals surface area contributed by atoms with Crippen molar-refractivity contribution >= 4 is 5.71 Å². The Morgan fingerprint density at radius 2 is 1.97 bits per heavy atom. The predicted molar refractivity (Wildman–Crippen MR) is 114 cm³/mol. The van der Waals surface area contributed by atoms with Gasteiger partial charge in [0.15, 0.2) is 0 Å². The van der Waals surface area contributed by atoms with Crippen LogP contribution in [0.3, 0.4) is 0 Å². The van der Waals surface area contributed by atoms with Gasteiger partial charge in [0.25, 0.3) is 0 Å². The standard InChI is InChI=1S/C24H29N3O2/c1-3-13-26-14-11-24(12-15-26)27-22(20-9-4-5-10-23(20)29-24)17-21(25-27)18-7-6-8-19(16-18)28-2/h4-10,16,22H,3,11-15,17H2,1-2H3/t22-/m1/s1. The van der Waals surface area contributed by atoms with Crippen LogP contribution in [0.5, 0.6) is 11.5 Å². The van der Waals surface area contributed by atoms with Gasteiger partial charge >= 0.3 is 0 Å². The zero-order valence-corrected chi connectivity index (χ0v) is 17.3. The summed E-state index contributed by atoms with van der Waals surface area (Å²) >= 11 is 0. The van der Waals surface area contributed by atoms with E-state index in [1.807, 2.05) is 12.1 Å². The zero-order valence-electron chi connectivity index (χ0n) is 17.3. The summed E-state index contributed by atoms with van der Waals surface area (Å²) in [5, 5.41) is 7.44. The molecule has 5 nitrogen and oxygen atoms in total. The van der Waals surface area contributed by atoms with E-state index in [1.165, 1.54) is 12.0 Å². The second-order valence-electron chi connectivity index (χ2n) is 8.27. The Balaban J connectivity index is 1.51. The number of rotatable bonds is 4. The molecular formula is C24H29N3O2. The van der Waals surface area contributed by atoms with Crippen molar-refractivity contribution in [1.82, 2.24) is 9.91 Å². The average Bonchev–Trinajstić information content (AvgIpc) is 3.23. The highest BCUT2D eigenvalue weighted by Crippen LogP contribution is 2.49. The largest absolute Gasteiger partial charge is 0.497 e. The highest BCUT2D eigenvalue weighted by atomic mass is 16.5. The Labute approximate surface area is 172 Å². The number of piperidine rings is 1. The summed E-state index contributed by atoms with van der Waals surface area (Å²) in [6.45, 7) is 5.53. The molecule has 0 N–H and O–H groups in total. The van der Waals surface area contributed by atoms with Crippen LogP contribution in [0.2, 0.25) is 0 Å². The summed E-state index contributed by atoms with van der Waals surface area (Å²) in [5.41, 5.74) is 3.15. The quantitative estimate of drug-likeness (QED) is 0.772. The van der Waals surface area contributed by atoms with Gasteiger partial charge in [-0.25, -0.2) is 5.01 Å². The molecule has 2 aromatic rings. The normalized spacial score (nSPS) is 22.6. The fourth-order valence-electron chi connectivity index (χ4n) is 4.98. The lowest BCUT2D eigenvalue weighted by atomic mass is 9.90. The molecule has 0 unspecified atom stereocenters. The molecule has 0 aliphatic carbocycles. The fourth-order valence-corrected chi connectivity index (χ4v) is 4.98. The van der Waals surface area contributed by atoms with E-state index in [9.17, 15) is 0 Å². The number of fused-ring (bicyclic) bond motifs is 4. The number of likely N-dealkylation sites (tertiary alicyclic amines) is 1. The van der Waals surface area contributed by atoms with E-state index in [-0.39, 0.29) is 11.8 Å². The summed E-state index contributed by atoms with van der Waals surface area (Å²) in [6, 6.07) is 17.0. The number of nitrogens with zero attached hydrogens (tertiary/aromatic N) is 3. The first-order valence-corrected chi connectivity index (χ1v) is 10.7. The molecule has 0 saturated carbocycles. The van der Waals surface area contributed by atoms with Crippen molar-refractivity contribution in [2.75, 3.05) is 26.7 Å². The third-order valence-corrected chi connectivity index (χ3v) is 6.49. The van der Waals surface area contributed by atoms with Gasteiger partial charge in [0.1, 0.15) is 11.5 Å². The van der Waals surface area contributed by atoms with Crippen LogP contribution in [-0.2, 0) is 0 Å². The summed E-state index contributed by atoms with van der Waals surface area (Å²) in [7, 11) is 1.71. The highest BCUT2D eigenvalue weighted by molar-refractivity contribution is 6.02. The Morgan fingerprint density at radius 1 is 1.14 bits per heavy atom. The lowest BCUT2D eigenvalue weighted by Gasteiger charge is -2.51. The molecule has 1 spiro atoms. The molecule has 5 rings (SSSR count). The minimum Gasteiger partial charge on any atom is -0.497 e. The minimum absolute atomic E-state index is 0.235.